The molecule has 2 atom stereocenters. The number of ether oxygens (including phenoxy) is 1. The normalized spacial score (nSPS) is 28.1. The van der Waals surface area contributed by atoms with Crippen LogP contribution >= 0.6 is 23.1 Å². The number of carbonyl (C=O) groups is 1. The highest BCUT2D eigenvalue weighted by Gasteiger charge is 2.40. The third kappa shape index (κ3) is 3.43. The number of methoxy groups -OCH3 is 1. The number of piperidine rings is 3. The molecule has 0 spiro atoms. The average molecular weight is 380 g/mol. The molecule has 2 bridgehead atoms. The molecule has 0 saturated carbocycles. The van der Waals surface area contributed by atoms with Gasteiger partial charge in [0.2, 0.25) is 0 Å². The van der Waals surface area contributed by atoms with Crippen LogP contribution in [0, 0.1) is 5.92 Å². The Hall–Kier alpha value is -1.51. The molecular weight excluding hydrogens is 358 g/mol. The maximum atomic E-state index is 12.7. The summed E-state index contributed by atoms with van der Waals surface area (Å²) in [6.07, 6.45) is 3.85. The summed E-state index contributed by atoms with van der Waals surface area (Å²) >= 11 is 2.85. The fourth-order valence-corrected chi connectivity index (χ4v) is 5.57. The fraction of sp³-hybridized carbons (Fsp3) is 0.529. The van der Waals surface area contributed by atoms with Gasteiger partial charge in [-0.1, -0.05) is 0 Å². The Morgan fingerprint density at radius 1 is 1.44 bits per heavy atom. The van der Waals surface area contributed by atoms with Gasteiger partial charge >= 0.3 is 0 Å². The van der Waals surface area contributed by atoms with E-state index in [0.717, 1.165) is 22.2 Å². The molecule has 3 aliphatic rings. The standard InChI is InChI=1S/C17H21N3O3S2/c1-10-15(11-5-7-20(10)8-6-11)19-16(21)12-3-4-14(24-12)25-17-18-13(22-2)9-23-17/h3-4,9-11,15H,5-8H2,1-2H3,(H,19,21)/t10-,15-/m0/s1. The van der Waals surface area contributed by atoms with Gasteiger partial charge in [0.1, 0.15) is 0 Å². The Bertz CT molecular complexity index is 750. The number of aromatic nitrogens is 1. The van der Waals surface area contributed by atoms with Crippen molar-refractivity contribution in [3.8, 4) is 5.88 Å². The van der Waals surface area contributed by atoms with Crippen LogP contribution in [0.2, 0.25) is 0 Å². The van der Waals surface area contributed by atoms with Crippen molar-refractivity contribution in [3.05, 3.63) is 23.3 Å². The highest BCUT2D eigenvalue weighted by molar-refractivity contribution is 8.01. The van der Waals surface area contributed by atoms with Crippen molar-refractivity contribution in [1.29, 1.82) is 0 Å². The van der Waals surface area contributed by atoms with Gasteiger partial charge in [0.15, 0.2) is 6.26 Å². The first-order valence-corrected chi connectivity index (χ1v) is 10.1. The largest absolute Gasteiger partial charge is 0.479 e. The fourth-order valence-electron chi connectivity index (χ4n) is 3.73. The number of fused-ring (bicyclic) bond motifs is 3. The molecular formula is C17H21N3O3S2. The third-order valence-corrected chi connectivity index (χ3v) is 7.22. The second kappa shape index (κ2) is 7.01. The van der Waals surface area contributed by atoms with E-state index in [9.17, 15) is 4.79 Å². The predicted molar refractivity (Wildman–Crippen MR) is 96.5 cm³/mol. The first kappa shape index (κ1) is 16.9. The van der Waals surface area contributed by atoms with Crippen molar-refractivity contribution in [2.24, 2.45) is 5.92 Å². The molecule has 5 heterocycles. The van der Waals surface area contributed by atoms with Crippen LogP contribution in [-0.2, 0) is 0 Å². The average Bonchev–Trinajstić information content (AvgIpc) is 3.28. The summed E-state index contributed by atoms with van der Waals surface area (Å²) in [5.41, 5.74) is 0. The lowest BCUT2D eigenvalue weighted by molar-refractivity contribution is 0.0218. The van der Waals surface area contributed by atoms with E-state index in [4.69, 9.17) is 9.15 Å². The topological polar surface area (TPSA) is 67.6 Å². The van der Waals surface area contributed by atoms with E-state index in [1.807, 2.05) is 12.1 Å². The van der Waals surface area contributed by atoms with Crippen molar-refractivity contribution in [3.63, 3.8) is 0 Å². The van der Waals surface area contributed by atoms with Crippen molar-refractivity contribution in [2.75, 3.05) is 20.2 Å². The summed E-state index contributed by atoms with van der Waals surface area (Å²) in [5.74, 6) is 1.08. The maximum Gasteiger partial charge on any atom is 0.264 e. The highest BCUT2D eigenvalue weighted by atomic mass is 32.2. The number of oxazole rings is 1. The molecule has 8 heteroatoms. The molecule has 25 heavy (non-hydrogen) atoms. The van der Waals surface area contributed by atoms with Gasteiger partial charge in [-0.05, 0) is 62.7 Å². The zero-order valence-corrected chi connectivity index (χ0v) is 15.9. The summed E-state index contributed by atoms with van der Waals surface area (Å²) < 4.78 is 11.3. The Balaban J connectivity index is 1.40. The lowest BCUT2D eigenvalue weighted by Gasteiger charge is -2.49. The number of amides is 1. The van der Waals surface area contributed by atoms with Crippen LogP contribution in [0.4, 0.5) is 0 Å². The summed E-state index contributed by atoms with van der Waals surface area (Å²) in [6, 6.07) is 4.48. The Morgan fingerprint density at radius 2 is 2.24 bits per heavy atom. The summed E-state index contributed by atoms with van der Waals surface area (Å²) in [6.45, 7) is 4.55. The molecule has 0 aliphatic carbocycles. The lowest BCUT2D eigenvalue weighted by atomic mass is 9.79. The zero-order valence-electron chi connectivity index (χ0n) is 14.2. The number of nitrogens with zero attached hydrogens (tertiary/aromatic N) is 2. The second-order valence-corrected chi connectivity index (χ2v) is 8.83. The van der Waals surface area contributed by atoms with E-state index in [0.29, 0.717) is 23.1 Å². The quantitative estimate of drug-likeness (QED) is 0.861. The maximum absolute atomic E-state index is 12.7. The molecule has 2 aromatic rings. The molecule has 6 nitrogen and oxygen atoms in total. The molecule has 3 fully saturated rings. The van der Waals surface area contributed by atoms with Gasteiger partial charge in [-0.3, -0.25) is 9.69 Å². The smallest absolute Gasteiger partial charge is 0.264 e. The first-order valence-electron chi connectivity index (χ1n) is 8.46. The van der Waals surface area contributed by atoms with Crippen molar-refractivity contribution >= 4 is 29.0 Å². The van der Waals surface area contributed by atoms with E-state index in [-0.39, 0.29) is 11.9 Å². The van der Waals surface area contributed by atoms with Crippen LogP contribution in [0.3, 0.4) is 0 Å². The molecule has 1 N–H and O–H groups in total. The van der Waals surface area contributed by atoms with Gasteiger partial charge in [-0.2, -0.15) is 4.98 Å². The van der Waals surface area contributed by atoms with Gasteiger partial charge in [0, 0.05) is 12.1 Å². The summed E-state index contributed by atoms with van der Waals surface area (Å²) in [7, 11) is 1.55. The van der Waals surface area contributed by atoms with Crippen LogP contribution in [0.5, 0.6) is 5.88 Å². The Labute approximate surface area is 154 Å². The number of hydrogen-bond acceptors (Lipinski definition) is 7. The number of thiophene rings is 1. The van der Waals surface area contributed by atoms with E-state index in [1.54, 1.807) is 7.11 Å². The SMILES string of the molecule is COc1coc(Sc2ccc(C(=O)N[C@@H]3C4CCN(CC4)[C@H]3C)s2)n1. The summed E-state index contributed by atoms with van der Waals surface area (Å²) in [5, 5.41) is 3.78. The van der Waals surface area contributed by atoms with E-state index >= 15 is 0 Å². The molecule has 0 unspecified atom stereocenters. The molecule has 3 saturated heterocycles. The van der Waals surface area contributed by atoms with Gasteiger partial charge in [0.05, 0.1) is 16.2 Å². The van der Waals surface area contributed by atoms with Crippen molar-refractivity contribution in [2.45, 2.75) is 41.3 Å². The van der Waals surface area contributed by atoms with E-state index in [1.165, 1.54) is 42.2 Å². The van der Waals surface area contributed by atoms with Gasteiger partial charge < -0.3 is 14.5 Å². The van der Waals surface area contributed by atoms with Crippen LogP contribution in [0.15, 0.2) is 32.2 Å². The molecule has 1 amide bonds. The molecule has 5 rings (SSSR count). The zero-order chi connectivity index (χ0) is 17.4. The van der Waals surface area contributed by atoms with Crippen LogP contribution in [0.25, 0.3) is 0 Å². The molecule has 0 radical (unpaired) electrons. The first-order chi connectivity index (χ1) is 12.1. The van der Waals surface area contributed by atoms with Gasteiger partial charge in [-0.15, -0.1) is 11.3 Å². The molecule has 134 valence electrons. The number of carbonyl (C=O) groups excluding carboxylic acids is 1. The van der Waals surface area contributed by atoms with E-state index < -0.39 is 0 Å². The molecule has 2 aromatic heterocycles. The number of nitrogens with one attached hydrogen (secondary N) is 1. The van der Waals surface area contributed by atoms with Crippen LogP contribution < -0.4 is 10.1 Å². The Kier molecular flexibility index (Phi) is 4.75. The monoisotopic (exact) mass is 379 g/mol. The third-order valence-electron chi connectivity index (χ3n) is 5.14. The minimum Gasteiger partial charge on any atom is -0.479 e. The lowest BCUT2D eigenvalue weighted by Crippen LogP contribution is -2.62. The minimum atomic E-state index is 0.0208. The van der Waals surface area contributed by atoms with Crippen LogP contribution in [-0.4, -0.2) is 48.1 Å². The second-order valence-electron chi connectivity index (χ2n) is 6.49. The number of rotatable bonds is 5. The Morgan fingerprint density at radius 3 is 2.92 bits per heavy atom. The van der Waals surface area contributed by atoms with E-state index in [2.05, 4.69) is 22.1 Å². The van der Waals surface area contributed by atoms with Gasteiger partial charge in [-0.25, -0.2) is 0 Å². The molecule has 0 aromatic carbocycles. The minimum absolute atomic E-state index is 0.0208. The number of hydrogen-bond donors (Lipinski definition) is 1. The van der Waals surface area contributed by atoms with Gasteiger partial charge in [0.25, 0.3) is 17.0 Å². The van der Waals surface area contributed by atoms with Crippen molar-refractivity contribution < 1.29 is 13.9 Å². The molecule has 3 aliphatic heterocycles. The van der Waals surface area contributed by atoms with Crippen LogP contribution in [0.1, 0.15) is 29.4 Å². The summed E-state index contributed by atoms with van der Waals surface area (Å²) in [4.78, 5) is 20.1. The predicted octanol–water partition coefficient (Wildman–Crippen LogP) is 3.11. The van der Waals surface area contributed by atoms with Crippen molar-refractivity contribution in [1.82, 2.24) is 15.2 Å². The highest BCUT2D eigenvalue weighted by Crippen LogP contribution is 2.35.